The smallest absolute Gasteiger partial charge is 0.226 e. The van der Waals surface area contributed by atoms with Crippen LogP contribution in [0.4, 0.5) is 5.95 Å². The Morgan fingerprint density at radius 2 is 2.00 bits per heavy atom. The van der Waals surface area contributed by atoms with E-state index >= 15 is 0 Å². The summed E-state index contributed by atoms with van der Waals surface area (Å²) in [5.41, 5.74) is 5.47. The van der Waals surface area contributed by atoms with E-state index in [4.69, 9.17) is 9.47 Å². The first-order chi connectivity index (χ1) is 15.2. The number of methoxy groups -OCH3 is 1. The minimum Gasteiger partial charge on any atom is -0.497 e. The lowest BCUT2D eigenvalue weighted by molar-refractivity contribution is 0.223. The summed E-state index contributed by atoms with van der Waals surface area (Å²) in [6.07, 6.45) is 1.33. The highest BCUT2D eigenvalue weighted by Crippen LogP contribution is 2.51. The topological polar surface area (TPSA) is 61.2 Å². The van der Waals surface area contributed by atoms with Crippen LogP contribution in [-0.2, 0) is 0 Å². The molecule has 6 rings (SSSR count). The highest BCUT2D eigenvalue weighted by molar-refractivity contribution is 7.10. The van der Waals surface area contributed by atoms with Gasteiger partial charge in [-0.3, -0.25) is 0 Å². The number of aryl methyl sites for hydroxylation is 1. The second-order valence-corrected chi connectivity index (χ2v) is 8.65. The molecule has 7 heteroatoms. The van der Waals surface area contributed by atoms with Gasteiger partial charge in [-0.2, -0.15) is 10.1 Å². The van der Waals surface area contributed by atoms with Crippen molar-refractivity contribution in [3.8, 4) is 11.5 Å². The van der Waals surface area contributed by atoms with E-state index in [1.54, 1.807) is 24.8 Å². The van der Waals surface area contributed by atoms with Crippen molar-refractivity contribution in [1.82, 2.24) is 14.8 Å². The Morgan fingerprint density at radius 1 is 1.13 bits per heavy atom. The van der Waals surface area contributed by atoms with Crippen LogP contribution < -0.4 is 14.8 Å². The lowest BCUT2D eigenvalue weighted by Gasteiger charge is -2.38. The number of hydrogen-bond donors (Lipinski definition) is 1. The number of nitrogens with zero attached hydrogens (tertiary/aromatic N) is 3. The van der Waals surface area contributed by atoms with Gasteiger partial charge in [-0.1, -0.05) is 29.8 Å². The van der Waals surface area contributed by atoms with Crippen LogP contribution in [0.3, 0.4) is 0 Å². The molecule has 2 aliphatic rings. The van der Waals surface area contributed by atoms with Crippen LogP contribution in [0.15, 0.2) is 71.9 Å². The van der Waals surface area contributed by atoms with E-state index in [0.717, 1.165) is 39.8 Å². The van der Waals surface area contributed by atoms with Gasteiger partial charge in [0.15, 0.2) is 0 Å². The molecular formula is C24H20N4O2S. The minimum atomic E-state index is -0.270. The first kappa shape index (κ1) is 18.2. The van der Waals surface area contributed by atoms with E-state index in [1.165, 1.54) is 10.4 Å². The Bertz CT molecular complexity index is 1290. The fraction of sp³-hybridized carbons (Fsp3) is 0.167. The molecule has 2 atom stereocenters. The summed E-state index contributed by atoms with van der Waals surface area (Å²) in [6.45, 7) is 2.10. The molecule has 0 saturated heterocycles. The molecule has 2 aromatic heterocycles. The molecule has 6 nitrogen and oxygen atoms in total. The molecule has 1 N–H and O–H groups in total. The van der Waals surface area contributed by atoms with Gasteiger partial charge >= 0.3 is 0 Å². The van der Waals surface area contributed by atoms with Gasteiger partial charge in [0, 0.05) is 16.0 Å². The third kappa shape index (κ3) is 2.84. The van der Waals surface area contributed by atoms with Gasteiger partial charge in [0.1, 0.15) is 30.0 Å². The number of rotatable bonds is 3. The molecule has 0 fully saturated rings. The number of hydrogen-bond acceptors (Lipinski definition) is 6. The monoisotopic (exact) mass is 428 g/mol. The van der Waals surface area contributed by atoms with Crippen molar-refractivity contribution >= 4 is 23.0 Å². The van der Waals surface area contributed by atoms with Crippen molar-refractivity contribution in [3.05, 3.63) is 93.4 Å². The summed E-state index contributed by atoms with van der Waals surface area (Å²) in [5.74, 6) is 2.41. The van der Waals surface area contributed by atoms with Crippen molar-refractivity contribution in [2.45, 2.75) is 19.1 Å². The summed E-state index contributed by atoms with van der Waals surface area (Å²) in [7, 11) is 1.68. The van der Waals surface area contributed by atoms with Gasteiger partial charge in [-0.05, 0) is 48.2 Å². The maximum atomic E-state index is 6.64. The molecule has 2 aromatic carbocycles. The highest BCUT2D eigenvalue weighted by atomic mass is 32.1. The maximum absolute atomic E-state index is 6.64. The van der Waals surface area contributed by atoms with Gasteiger partial charge in [-0.25, -0.2) is 4.68 Å². The molecule has 0 radical (unpaired) electrons. The average molecular weight is 429 g/mol. The predicted octanol–water partition coefficient (Wildman–Crippen LogP) is 5.22. The van der Waals surface area contributed by atoms with Crippen LogP contribution in [0.2, 0.25) is 0 Å². The van der Waals surface area contributed by atoms with Crippen LogP contribution in [0.25, 0.3) is 5.70 Å². The highest BCUT2D eigenvalue weighted by Gasteiger charge is 2.41. The Kier molecular flexibility index (Phi) is 4.11. The van der Waals surface area contributed by atoms with Crippen LogP contribution in [-0.4, -0.2) is 21.9 Å². The molecule has 2 aliphatic heterocycles. The fourth-order valence-corrected chi connectivity index (χ4v) is 5.18. The zero-order chi connectivity index (χ0) is 20.9. The zero-order valence-corrected chi connectivity index (χ0v) is 17.9. The van der Waals surface area contributed by atoms with Crippen molar-refractivity contribution < 1.29 is 9.47 Å². The molecule has 0 amide bonds. The molecule has 0 saturated carbocycles. The van der Waals surface area contributed by atoms with Crippen molar-refractivity contribution in [2.24, 2.45) is 0 Å². The normalized spacial score (nSPS) is 19.0. The molecule has 0 aliphatic carbocycles. The van der Waals surface area contributed by atoms with E-state index < -0.39 is 0 Å². The lowest BCUT2D eigenvalue weighted by atomic mass is 9.86. The van der Waals surface area contributed by atoms with Crippen molar-refractivity contribution in [2.75, 3.05) is 12.4 Å². The summed E-state index contributed by atoms with van der Waals surface area (Å²) in [5, 5.41) is 10.2. The lowest BCUT2D eigenvalue weighted by Crippen LogP contribution is -2.32. The Hall–Kier alpha value is -3.58. The standard InChI is InChI=1S/C24H20N4O2S/c1-14-5-10-18-17(12-14)21-20(23(30-18)15-6-8-16(29-2)9-7-15)22(19-4-3-11-31-19)28-24(27-21)25-13-26-28/h3-13,22-23H,1-2H3,(H,25,26,27). The molecule has 154 valence electrons. The zero-order valence-electron chi connectivity index (χ0n) is 17.1. The van der Waals surface area contributed by atoms with E-state index in [0.29, 0.717) is 0 Å². The van der Waals surface area contributed by atoms with E-state index in [9.17, 15) is 0 Å². The molecule has 2 unspecified atom stereocenters. The van der Waals surface area contributed by atoms with Gasteiger partial charge < -0.3 is 14.8 Å². The molecule has 31 heavy (non-hydrogen) atoms. The summed E-state index contributed by atoms with van der Waals surface area (Å²) < 4.78 is 14.0. The first-order valence-electron chi connectivity index (χ1n) is 10.1. The molecule has 0 spiro atoms. The van der Waals surface area contributed by atoms with Gasteiger partial charge in [0.05, 0.1) is 12.8 Å². The van der Waals surface area contributed by atoms with Crippen LogP contribution in [0.1, 0.15) is 33.7 Å². The van der Waals surface area contributed by atoms with Crippen LogP contribution >= 0.6 is 11.3 Å². The summed E-state index contributed by atoms with van der Waals surface area (Å²) in [4.78, 5) is 5.67. The van der Waals surface area contributed by atoms with E-state index in [-0.39, 0.29) is 12.1 Å². The predicted molar refractivity (Wildman–Crippen MR) is 121 cm³/mol. The van der Waals surface area contributed by atoms with Gasteiger partial charge in [0.2, 0.25) is 5.95 Å². The first-order valence-corrected chi connectivity index (χ1v) is 11.0. The second kappa shape index (κ2) is 6.99. The Labute approximate surface area is 183 Å². The van der Waals surface area contributed by atoms with Crippen molar-refractivity contribution in [1.29, 1.82) is 0 Å². The molecule has 4 heterocycles. The van der Waals surface area contributed by atoms with Crippen molar-refractivity contribution in [3.63, 3.8) is 0 Å². The summed E-state index contributed by atoms with van der Waals surface area (Å²) >= 11 is 1.71. The third-order valence-electron chi connectivity index (χ3n) is 5.80. The largest absolute Gasteiger partial charge is 0.497 e. The van der Waals surface area contributed by atoms with E-state index in [2.05, 4.69) is 64.1 Å². The SMILES string of the molecule is COc1ccc(C2Oc3ccc(C)cc3C3=C2C(c2cccs2)n2ncnc2N3)cc1. The fourth-order valence-electron chi connectivity index (χ4n) is 4.36. The second-order valence-electron chi connectivity index (χ2n) is 7.67. The van der Waals surface area contributed by atoms with Gasteiger partial charge in [0.25, 0.3) is 0 Å². The number of fused-ring (bicyclic) bond motifs is 3. The number of thiophene rings is 1. The maximum Gasteiger partial charge on any atom is 0.226 e. The number of anilines is 1. The molecular weight excluding hydrogens is 408 g/mol. The Morgan fingerprint density at radius 3 is 2.77 bits per heavy atom. The van der Waals surface area contributed by atoms with Gasteiger partial charge in [-0.15, -0.1) is 11.3 Å². The number of nitrogens with one attached hydrogen (secondary N) is 1. The number of benzene rings is 2. The third-order valence-corrected chi connectivity index (χ3v) is 6.73. The van der Waals surface area contributed by atoms with E-state index in [1.807, 2.05) is 22.9 Å². The van der Waals surface area contributed by atoms with Crippen LogP contribution in [0.5, 0.6) is 11.5 Å². The Balaban J connectivity index is 1.61. The number of aromatic nitrogens is 3. The average Bonchev–Trinajstić information content (AvgIpc) is 3.49. The van der Waals surface area contributed by atoms with Crippen LogP contribution in [0, 0.1) is 6.92 Å². The number of ether oxygens (including phenoxy) is 2. The molecule has 0 bridgehead atoms. The minimum absolute atomic E-state index is 0.102. The molecule has 4 aromatic rings. The summed E-state index contributed by atoms with van der Waals surface area (Å²) in [6, 6.07) is 18.5. The quantitative estimate of drug-likeness (QED) is 0.485.